The number of thiophene rings is 1. The van der Waals surface area contributed by atoms with E-state index in [1.54, 1.807) is 17.5 Å². The molecule has 3 aromatic heterocycles. The van der Waals surface area contributed by atoms with Crippen LogP contribution in [0.1, 0.15) is 27.3 Å². The van der Waals surface area contributed by atoms with Crippen molar-refractivity contribution in [3.63, 3.8) is 0 Å². The van der Waals surface area contributed by atoms with Crippen LogP contribution >= 0.6 is 11.3 Å². The second kappa shape index (κ2) is 7.58. The van der Waals surface area contributed by atoms with Crippen molar-refractivity contribution in [1.29, 1.82) is 0 Å². The summed E-state index contributed by atoms with van der Waals surface area (Å²) in [6.45, 7) is 1.44. The first-order valence-electron chi connectivity index (χ1n) is 9.73. The zero-order valence-electron chi connectivity index (χ0n) is 16.3. The summed E-state index contributed by atoms with van der Waals surface area (Å²) in [5.74, 6) is -0.323. The van der Waals surface area contributed by atoms with Crippen molar-refractivity contribution in [3.8, 4) is 10.6 Å². The Labute approximate surface area is 179 Å². The fourth-order valence-corrected chi connectivity index (χ4v) is 4.52. The van der Waals surface area contributed by atoms with Gasteiger partial charge in [0.25, 0.3) is 0 Å². The number of Topliss-reactive ketones (excluding diaryl/α,β-unsaturated/α-hetero) is 1. The van der Waals surface area contributed by atoms with Crippen molar-refractivity contribution in [2.75, 3.05) is 13.1 Å². The summed E-state index contributed by atoms with van der Waals surface area (Å²) in [5, 5.41) is 5.75. The number of hydrogen-bond acceptors (Lipinski definition) is 5. The van der Waals surface area contributed by atoms with Crippen LogP contribution in [0.2, 0.25) is 0 Å². The maximum Gasteiger partial charge on any atom is 0.433 e. The van der Waals surface area contributed by atoms with E-state index >= 15 is 0 Å². The molecule has 0 N–H and O–H groups in total. The van der Waals surface area contributed by atoms with Gasteiger partial charge in [0.2, 0.25) is 0 Å². The van der Waals surface area contributed by atoms with Crippen LogP contribution in [0, 0.1) is 0 Å². The summed E-state index contributed by atoms with van der Waals surface area (Å²) in [6, 6.07) is 13.8. The number of nitrogens with zero attached hydrogens (tertiary/aromatic N) is 4. The van der Waals surface area contributed by atoms with Gasteiger partial charge in [-0.1, -0.05) is 30.3 Å². The standard InChI is InChI=1S/C22H17F3N4OS/c23-22(24,25)20-10-17(19-6-3-9-31-19)26-21-11-16(27-29(20)21)18(30)13-28-8-7-14-4-1-2-5-15(14)12-28/h1-6,9-11H,7-8,12-13H2. The fourth-order valence-electron chi connectivity index (χ4n) is 3.84. The van der Waals surface area contributed by atoms with E-state index in [1.165, 1.54) is 23.0 Å². The molecule has 5 rings (SSSR count). The minimum atomic E-state index is -4.63. The van der Waals surface area contributed by atoms with Crippen LogP contribution in [0.15, 0.2) is 53.9 Å². The third-order valence-corrected chi connectivity index (χ3v) is 6.25. The van der Waals surface area contributed by atoms with Crippen molar-refractivity contribution >= 4 is 22.8 Å². The SMILES string of the molecule is O=C(CN1CCc2ccccc2C1)c1cc2nc(-c3cccs3)cc(C(F)(F)F)n2n1. The van der Waals surface area contributed by atoms with Crippen molar-refractivity contribution < 1.29 is 18.0 Å². The number of fused-ring (bicyclic) bond motifs is 2. The number of ketones is 1. The van der Waals surface area contributed by atoms with Crippen LogP contribution < -0.4 is 0 Å². The summed E-state index contributed by atoms with van der Waals surface area (Å²) in [4.78, 5) is 19.8. The first kappa shape index (κ1) is 19.9. The van der Waals surface area contributed by atoms with E-state index < -0.39 is 11.9 Å². The third-order valence-electron chi connectivity index (χ3n) is 5.35. The Kier molecular flexibility index (Phi) is 4.86. The van der Waals surface area contributed by atoms with Gasteiger partial charge in [0.1, 0.15) is 5.69 Å². The quantitative estimate of drug-likeness (QED) is 0.429. The smallest absolute Gasteiger partial charge is 0.291 e. The molecule has 9 heteroatoms. The minimum absolute atomic E-state index is 0.00515. The molecule has 0 atom stereocenters. The third kappa shape index (κ3) is 3.86. The predicted octanol–water partition coefficient (Wildman–Crippen LogP) is 4.72. The lowest BCUT2D eigenvalue weighted by Gasteiger charge is -2.27. The maximum absolute atomic E-state index is 13.7. The molecule has 158 valence electrons. The lowest BCUT2D eigenvalue weighted by molar-refractivity contribution is -0.142. The van der Waals surface area contributed by atoms with E-state index in [4.69, 9.17) is 0 Å². The molecule has 0 radical (unpaired) electrons. The molecule has 0 amide bonds. The number of alkyl halides is 3. The van der Waals surface area contributed by atoms with Crippen LogP contribution in [0.25, 0.3) is 16.2 Å². The number of benzene rings is 1. The molecule has 5 nitrogen and oxygen atoms in total. The highest BCUT2D eigenvalue weighted by molar-refractivity contribution is 7.13. The van der Waals surface area contributed by atoms with Crippen LogP contribution in [-0.4, -0.2) is 38.4 Å². The van der Waals surface area contributed by atoms with Gasteiger partial charge in [-0.2, -0.15) is 18.3 Å². The Morgan fingerprint density at radius 2 is 1.90 bits per heavy atom. The van der Waals surface area contributed by atoms with Gasteiger partial charge in [-0.05, 0) is 35.1 Å². The normalized spacial score (nSPS) is 14.7. The number of carbonyl (C=O) groups excluding carboxylic acids is 1. The summed E-state index contributed by atoms with van der Waals surface area (Å²) < 4.78 is 41.8. The van der Waals surface area contributed by atoms with Crippen LogP contribution in [0.5, 0.6) is 0 Å². The van der Waals surface area contributed by atoms with Gasteiger partial charge in [-0.25, -0.2) is 9.50 Å². The van der Waals surface area contributed by atoms with E-state index in [0.29, 0.717) is 18.0 Å². The van der Waals surface area contributed by atoms with Gasteiger partial charge in [0.15, 0.2) is 17.1 Å². The highest BCUT2D eigenvalue weighted by Crippen LogP contribution is 2.33. The van der Waals surface area contributed by atoms with Gasteiger partial charge >= 0.3 is 6.18 Å². The van der Waals surface area contributed by atoms with Crippen molar-refractivity contribution in [2.24, 2.45) is 0 Å². The molecule has 0 aliphatic carbocycles. The van der Waals surface area contributed by atoms with E-state index in [2.05, 4.69) is 16.1 Å². The maximum atomic E-state index is 13.7. The van der Waals surface area contributed by atoms with Crippen LogP contribution in [0.4, 0.5) is 13.2 Å². The molecular formula is C22H17F3N4OS. The van der Waals surface area contributed by atoms with Gasteiger partial charge in [0, 0.05) is 19.2 Å². The summed E-state index contributed by atoms with van der Waals surface area (Å²) >= 11 is 1.30. The minimum Gasteiger partial charge on any atom is -0.291 e. The topological polar surface area (TPSA) is 50.5 Å². The first-order chi connectivity index (χ1) is 14.9. The molecule has 0 unspecified atom stereocenters. The molecule has 0 saturated heterocycles. The van der Waals surface area contributed by atoms with Crippen molar-refractivity contribution in [3.05, 3.63) is 76.4 Å². The monoisotopic (exact) mass is 442 g/mol. The van der Waals surface area contributed by atoms with Gasteiger partial charge in [-0.3, -0.25) is 9.69 Å². The molecule has 4 aromatic rings. The summed E-state index contributed by atoms with van der Waals surface area (Å²) in [7, 11) is 0. The van der Waals surface area contributed by atoms with Crippen LogP contribution in [-0.2, 0) is 19.1 Å². The largest absolute Gasteiger partial charge is 0.433 e. The highest BCUT2D eigenvalue weighted by atomic mass is 32.1. The van der Waals surface area contributed by atoms with E-state index in [1.807, 2.05) is 23.1 Å². The van der Waals surface area contributed by atoms with Crippen molar-refractivity contribution in [2.45, 2.75) is 19.1 Å². The Hall–Kier alpha value is -3.04. The summed E-state index contributed by atoms with van der Waals surface area (Å²) in [6.07, 6.45) is -3.80. The molecule has 4 heterocycles. The zero-order chi connectivity index (χ0) is 21.6. The van der Waals surface area contributed by atoms with Gasteiger partial charge in [-0.15, -0.1) is 11.3 Å². The van der Waals surface area contributed by atoms with E-state index in [9.17, 15) is 18.0 Å². The van der Waals surface area contributed by atoms with E-state index in [-0.39, 0.29) is 29.4 Å². The number of carbonyl (C=O) groups is 1. The Bertz CT molecular complexity index is 1260. The molecule has 0 saturated carbocycles. The average molecular weight is 442 g/mol. The Morgan fingerprint density at radius 3 is 2.65 bits per heavy atom. The average Bonchev–Trinajstić information content (AvgIpc) is 3.42. The van der Waals surface area contributed by atoms with Crippen LogP contribution in [0.3, 0.4) is 0 Å². The number of halogens is 3. The molecular weight excluding hydrogens is 425 g/mol. The van der Waals surface area contributed by atoms with Crippen molar-refractivity contribution in [1.82, 2.24) is 19.5 Å². The second-order valence-corrected chi connectivity index (χ2v) is 8.40. The number of aromatic nitrogens is 3. The first-order valence-corrected chi connectivity index (χ1v) is 10.6. The second-order valence-electron chi connectivity index (χ2n) is 7.45. The lowest BCUT2D eigenvalue weighted by atomic mass is 10.00. The number of hydrogen-bond donors (Lipinski definition) is 0. The van der Waals surface area contributed by atoms with Gasteiger partial charge in [0.05, 0.1) is 17.1 Å². The molecule has 0 fully saturated rings. The molecule has 1 aliphatic rings. The zero-order valence-corrected chi connectivity index (χ0v) is 17.1. The lowest BCUT2D eigenvalue weighted by Crippen LogP contribution is -2.35. The summed E-state index contributed by atoms with van der Waals surface area (Å²) in [5.41, 5.74) is 1.68. The molecule has 0 bridgehead atoms. The van der Waals surface area contributed by atoms with Gasteiger partial charge < -0.3 is 0 Å². The predicted molar refractivity (Wildman–Crippen MR) is 111 cm³/mol. The molecule has 1 aliphatic heterocycles. The highest BCUT2D eigenvalue weighted by Gasteiger charge is 2.36. The molecule has 0 spiro atoms. The molecule has 1 aromatic carbocycles. The Morgan fingerprint density at radius 1 is 1.10 bits per heavy atom. The molecule has 31 heavy (non-hydrogen) atoms. The Balaban J connectivity index is 1.46. The van der Waals surface area contributed by atoms with E-state index in [0.717, 1.165) is 22.6 Å². The fraction of sp³-hybridized carbons (Fsp3) is 0.227. The number of rotatable bonds is 4.